The Balaban J connectivity index is 2.85. The first-order valence-corrected chi connectivity index (χ1v) is 11.3. The fourth-order valence-electron chi connectivity index (χ4n) is 1.99. The molecular formula is C15H34P2. The highest BCUT2D eigenvalue weighted by molar-refractivity contribution is 8.11. The molecule has 0 amide bonds. The summed E-state index contributed by atoms with van der Waals surface area (Å²) in [7, 11) is 2.57. The first-order chi connectivity index (χ1) is 8.41. The Labute approximate surface area is 114 Å². The van der Waals surface area contributed by atoms with Crippen LogP contribution in [0.1, 0.15) is 84.5 Å². The highest BCUT2D eigenvalue weighted by Crippen LogP contribution is 2.38. The van der Waals surface area contributed by atoms with Gasteiger partial charge in [0.2, 0.25) is 0 Å². The molecule has 0 aliphatic heterocycles. The third-order valence-electron chi connectivity index (χ3n) is 3.19. The Morgan fingerprint density at radius 2 is 0.824 bits per heavy atom. The van der Waals surface area contributed by atoms with Crippen LogP contribution in [0, 0.1) is 0 Å². The van der Waals surface area contributed by atoms with Crippen LogP contribution in [0.25, 0.3) is 0 Å². The van der Waals surface area contributed by atoms with Crippen LogP contribution in [0.2, 0.25) is 0 Å². The molecule has 2 unspecified atom stereocenters. The second-order valence-electron chi connectivity index (χ2n) is 5.04. The van der Waals surface area contributed by atoms with Crippen LogP contribution < -0.4 is 0 Å². The van der Waals surface area contributed by atoms with E-state index in [1.807, 2.05) is 0 Å². The lowest BCUT2D eigenvalue weighted by molar-refractivity contribution is 0.586. The fraction of sp³-hybridized carbons (Fsp3) is 1.00. The van der Waals surface area contributed by atoms with Gasteiger partial charge in [-0.3, -0.25) is 0 Å². The van der Waals surface area contributed by atoms with E-state index in [2.05, 4.69) is 13.8 Å². The van der Waals surface area contributed by atoms with Crippen LogP contribution in [0.4, 0.5) is 0 Å². The summed E-state index contributed by atoms with van der Waals surface area (Å²) in [5.74, 6) is 0. The molecule has 2 heteroatoms. The van der Waals surface area contributed by atoms with Gasteiger partial charge in [-0.05, 0) is 25.2 Å². The molecule has 0 rings (SSSR count). The molecule has 0 aromatic rings. The summed E-state index contributed by atoms with van der Waals surface area (Å²) < 4.78 is 0. The maximum absolute atomic E-state index is 2.30. The normalized spacial score (nSPS) is 12.4. The molecule has 0 spiro atoms. The van der Waals surface area contributed by atoms with E-state index in [-0.39, 0.29) is 0 Å². The van der Waals surface area contributed by atoms with Gasteiger partial charge in [-0.15, -0.1) is 0 Å². The average molecular weight is 276 g/mol. The smallest absolute Gasteiger partial charge is 0.0317 e. The Kier molecular flexibility index (Phi) is 17.7. The van der Waals surface area contributed by atoms with Crippen molar-refractivity contribution in [2.24, 2.45) is 0 Å². The molecule has 0 radical (unpaired) electrons. The van der Waals surface area contributed by atoms with Crippen molar-refractivity contribution in [1.29, 1.82) is 0 Å². The van der Waals surface area contributed by atoms with Gasteiger partial charge in [0.1, 0.15) is 0 Å². The van der Waals surface area contributed by atoms with Crippen molar-refractivity contribution in [3.63, 3.8) is 0 Å². The molecule has 2 atom stereocenters. The maximum Gasteiger partial charge on any atom is -0.0317 e. The summed E-state index contributed by atoms with van der Waals surface area (Å²) in [5.41, 5.74) is 0. The molecule has 0 saturated heterocycles. The minimum absolute atomic E-state index is 1.28. The van der Waals surface area contributed by atoms with Crippen LogP contribution >= 0.6 is 16.5 Å². The molecule has 0 heterocycles. The maximum atomic E-state index is 2.30. The molecular weight excluding hydrogens is 242 g/mol. The standard InChI is InChI=1S/C15H34P2/c1-3-5-7-8-9-10-11-13-15-17-16-14-12-6-4-2/h16-17H,3-15H2,1-2H3. The molecule has 104 valence electrons. The lowest BCUT2D eigenvalue weighted by Gasteiger charge is -2.03. The van der Waals surface area contributed by atoms with Crippen molar-refractivity contribution in [2.45, 2.75) is 84.5 Å². The first kappa shape index (κ1) is 17.9. The van der Waals surface area contributed by atoms with E-state index in [0.29, 0.717) is 0 Å². The second-order valence-corrected chi connectivity index (χ2v) is 8.86. The first-order valence-electron chi connectivity index (χ1n) is 7.87. The van der Waals surface area contributed by atoms with Crippen molar-refractivity contribution < 1.29 is 0 Å². The minimum Gasteiger partial charge on any atom is -0.0992 e. The summed E-state index contributed by atoms with van der Waals surface area (Å²) >= 11 is 0. The molecule has 0 saturated carbocycles. The van der Waals surface area contributed by atoms with E-state index in [4.69, 9.17) is 0 Å². The lowest BCUT2D eigenvalue weighted by Crippen LogP contribution is -1.81. The van der Waals surface area contributed by atoms with E-state index in [1.54, 1.807) is 0 Å². The highest BCUT2D eigenvalue weighted by atomic mass is 32.0. The predicted molar refractivity (Wildman–Crippen MR) is 88.5 cm³/mol. The molecule has 0 aromatic carbocycles. The van der Waals surface area contributed by atoms with Gasteiger partial charge in [0.15, 0.2) is 0 Å². The molecule has 0 nitrogen and oxygen atoms in total. The highest BCUT2D eigenvalue weighted by Gasteiger charge is 1.92. The number of hydrogen-bond acceptors (Lipinski definition) is 0. The quantitative estimate of drug-likeness (QED) is 0.248. The van der Waals surface area contributed by atoms with Crippen molar-refractivity contribution >= 4 is 16.5 Å². The van der Waals surface area contributed by atoms with Crippen molar-refractivity contribution in [3.05, 3.63) is 0 Å². The predicted octanol–water partition coefficient (Wildman–Crippen LogP) is 6.59. The van der Waals surface area contributed by atoms with E-state index >= 15 is 0 Å². The summed E-state index contributed by atoms with van der Waals surface area (Å²) in [6, 6.07) is 0. The molecule has 0 aliphatic rings. The Hall–Kier alpha value is 0.860. The van der Waals surface area contributed by atoms with Crippen LogP contribution in [0.3, 0.4) is 0 Å². The van der Waals surface area contributed by atoms with Gasteiger partial charge in [-0.2, -0.15) is 0 Å². The largest absolute Gasteiger partial charge is 0.0992 e. The fourth-order valence-corrected chi connectivity index (χ4v) is 5.32. The minimum atomic E-state index is 1.28. The SMILES string of the molecule is CCCCCCCCCCPPCCCCC. The monoisotopic (exact) mass is 276 g/mol. The Morgan fingerprint density at radius 1 is 0.471 bits per heavy atom. The summed E-state index contributed by atoms with van der Waals surface area (Å²) in [4.78, 5) is 0. The van der Waals surface area contributed by atoms with Gasteiger partial charge >= 0.3 is 0 Å². The van der Waals surface area contributed by atoms with Gasteiger partial charge in [-0.25, -0.2) is 0 Å². The van der Waals surface area contributed by atoms with E-state index in [1.165, 1.54) is 99.5 Å². The zero-order valence-corrected chi connectivity index (χ0v) is 14.2. The Bertz CT molecular complexity index is 112. The topological polar surface area (TPSA) is 0 Å². The average Bonchev–Trinajstić information content (AvgIpc) is 2.35. The lowest BCUT2D eigenvalue weighted by atomic mass is 10.1. The van der Waals surface area contributed by atoms with Gasteiger partial charge < -0.3 is 0 Å². The molecule has 0 aliphatic carbocycles. The summed E-state index contributed by atoms with van der Waals surface area (Å²) in [5, 5.41) is 0. The van der Waals surface area contributed by atoms with Gasteiger partial charge in [-0.1, -0.05) is 88.2 Å². The molecule has 0 N–H and O–H groups in total. The zero-order valence-electron chi connectivity index (χ0n) is 12.2. The van der Waals surface area contributed by atoms with Crippen molar-refractivity contribution in [1.82, 2.24) is 0 Å². The van der Waals surface area contributed by atoms with Crippen LogP contribution in [-0.2, 0) is 0 Å². The third-order valence-corrected chi connectivity index (χ3v) is 6.89. The molecule has 0 fully saturated rings. The van der Waals surface area contributed by atoms with Gasteiger partial charge in [0.25, 0.3) is 0 Å². The second kappa shape index (κ2) is 16.9. The van der Waals surface area contributed by atoms with E-state index < -0.39 is 0 Å². The molecule has 17 heavy (non-hydrogen) atoms. The van der Waals surface area contributed by atoms with Gasteiger partial charge in [0.05, 0.1) is 0 Å². The zero-order chi connectivity index (χ0) is 12.6. The number of unbranched alkanes of at least 4 members (excludes halogenated alkanes) is 9. The number of rotatable bonds is 14. The van der Waals surface area contributed by atoms with Crippen molar-refractivity contribution in [3.8, 4) is 0 Å². The number of hydrogen-bond donors (Lipinski definition) is 0. The van der Waals surface area contributed by atoms with Gasteiger partial charge in [0, 0.05) is 0 Å². The summed E-state index contributed by atoms with van der Waals surface area (Å²) in [6.45, 7) is 4.59. The van der Waals surface area contributed by atoms with E-state index in [0.717, 1.165) is 0 Å². The van der Waals surface area contributed by atoms with Crippen LogP contribution in [-0.4, -0.2) is 12.3 Å². The Morgan fingerprint density at radius 3 is 1.35 bits per heavy atom. The molecule has 0 bridgehead atoms. The van der Waals surface area contributed by atoms with Crippen LogP contribution in [0.5, 0.6) is 0 Å². The van der Waals surface area contributed by atoms with E-state index in [9.17, 15) is 0 Å². The van der Waals surface area contributed by atoms with Crippen molar-refractivity contribution in [2.75, 3.05) is 12.3 Å². The summed E-state index contributed by atoms with van der Waals surface area (Å²) in [6.07, 6.45) is 19.1. The third kappa shape index (κ3) is 16.9. The van der Waals surface area contributed by atoms with Crippen LogP contribution in [0.15, 0.2) is 0 Å². The molecule has 0 aromatic heterocycles.